The van der Waals surface area contributed by atoms with Gasteiger partial charge in [0.2, 0.25) is 0 Å². The van der Waals surface area contributed by atoms with Crippen molar-refractivity contribution in [2.45, 2.75) is 6.04 Å². The molecular weight excluding hydrogens is 657 g/mol. The topological polar surface area (TPSA) is 49.8 Å². The van der Waals surface area contributed by atoms with Gasteiger partial charge >= 0.3 is 0 Å². The van der Waals surface area contributed by atoms with Crippen LogP contribution in [-0.4, -0.2) is 16.5 Å². The standard InChI is InChI=1S/C50H34N4/c1-2-9-39-36(7-1)28-44(41-11-4-3-10-40(39)41)47-24-21-37-27-34(20-23-46(37)53-47)35-18-17-33-19-22-45(54-48(33)30-35)32-15-13-31(14-16-32)43-29-38-8-5-25-51-49(38)50-42(43)12-6-26-52-50/h1-25,27-30,45,52,54H,26H2. The summed E-state index contributed by atoms with van der Waals surface area (Å²) in [7, 11) is 0. The van der Waals surface area contributed by atoms with E-state index >= 15 is 0 Å². The van der Waals surface area contributed by atoms with Crippen LogP contribution >= 0.6 is 0 Å². The van der Waals surface area contributed by atoms with E-state index in [-0.39, 0.29) is 6.04 Å². The maximum Gasteiger partial charge on any atom is 0.0939 e. The number of nitrogens with zero attached hydrogens (tertiary/aromatic N) is 2. The molecule has 0 saturated heterocycles. The fourth-order valence-electron chi connectivity index (χ4n) is 8.37. The van der Waals surface area contributed by atoms with Gasteiger partial charge in [-0.2, -0.15) is 0 Å². The normalized spacial score (nSPS) is 14.6. The summed E-state index contributed by atoms with van der Waals surface area (Å²) in [4.78, 5) is 9.86. The van der Waals surface area contributed by atoms with E-state index < -0.39 is 0 Å². The molecular formula is C50H34N4. The summed E-state index contributed by atoms with van der Waals surface area (Å²) in [5.74, 6) is 0. The van der Waals surface area contributed by atoms with Crippen molar-refractivity contribution in [1.29, 1.82) is 0 Å². The zero-order chi connectivity index (χ0) is 35.6. The molecule has 54 heavy (non-hydrogen) atoms. The van der Waals surface area contributed by atoms with Crippen LogP contribution in [0.3, 0.4) is 0 Å². The van der Waals surface area contributed by atoms with Crippen molar-refractivity contribution in [3.8, 4) is 33.5 Å². The monoisotopic (exact) mass is 690 g/mol. The lowest BCUT2D eigenvalue weighted by Gasteiger charge is -2.24. The minimum atomic E-state index is 0.0727. The van der Waals surface area contributed by atoms with Gasteiger partial charge in [-0.05, 0) is 97.4 Å². The van der Waals surface area contributed by atoms with Crippen molar-refractivity contribution in [2.24, 2.45) is 0 Å². The second-order valence-corrected chi connectivity index (χ2v) is 14.3. The number of fused-ring (bicyclic) bond motifs is 8. The Bertz CT molecular complexity index is 3030. The third kappa shape index (κ3) is 5.07. The number of rotatable bonds is 4. The smallest absolute Gasteiger partial charge is 0.0939 e. The molecule has 0 saturated carbocycles. The molecule has 0 radical (unpaired) electrons. The molecule has 7 aromatic carbocycles. The molecule has 0 bridgehead atoms. The van der Waals surface area contributed by atoms with E-state index in [1.54, 1.807) is 0 Å². The molecule has 254 valence electrons. The van der Waals surface area contributed by atoms with Crippen LogP contribution in [0, 0.1) is 0 Å². The average molecular weight is 691 g/mol. The lowest BCUT2D eigenvalue weighted by atomic mass is 9.92. The molecule has 0 spiro atoms. The lowest BCUT2D eigenvalue weighted by Crippen LogP contribution is -2.12. The molecule has 9 aromatic rings. The summed E-state index contributed by atoms with van der Waals surface area (Å²) in [5.41, 5.74) is 14.8. The quantitative estimate of drug-likeness (QED) is 0.181. The highest BCUT2D eigenvalue weighted by atomic mass is 14.9. The fourth-order valence-corrected chi connectivity index (χ4v) is 8.37. The van der Waals surface area contributed by atoms with Crippen molar-refractivity contribution in [1.82, 2.24) is 9.97 Å². The van der Waals surface area contributed by atoms with Gasteiger partial charge in [0.25, 0.3) is 0 Å². The van der Waals surface area contributed by atoms with Gasteiger partial charge in [-0.1, -0.05) is 127 Å². The van der Waals surface area contributed by atoms with Crippen molar-refractivity contribution in [2.75, 3.05) is 17.2 Å². The number of aromatic nitrogens is 2. The predicted octanol–water partition coefficient (Wildman–Crippen LogP) is 12.7. The first-order chi connectivity index (χ1) is 26.7. The Kier molecular flexibility index (Phi) is 6.96. The molecule has 0 fully saturated rings. The highest BCUT2D eigenvalue weighted by Crippen LogP contribution is 2.40. The summed E-state index contributed by atoms with van der Waals surface area (Å²) in [6, 6.07) is 52.7. The first kappa shape index (κ1) is 30.6. The van der Waals surface area contributed by atoms with Gasteiger partial charge < -0.3 is 10.6 Å². The fraction of sp³-hybridized carbons (Fsp3) is 0.0400. The molecule has 4 heteroatoms. The van der Waals surface area contributed by atoms with E-state index in [0.717, 1.165) is 51.0 Å². The number of pyridine rings is 2. The highest BCUT2D eigenvalue weighted by Gasteiger charge is 2.19. The largest absolute Gasteiger partial charge is 0.379 e. The molecule has 1 atom stereocenters. The first-order valence-corrected chi connectivity index (χ1v) is 18.6. The van der Waals surface area contributed by atoms with Crippen molar-refractivity contribution < 1.29 is 0 Å². The third-order valence-electron chi connectivity index (χ3n) is 11.1. The summed E-state index contributed by atoms with van der Waals surface area (Å²) < 4.78 is 0. The van der Waals surface area contributed by atoms with Gasteiger partial charge in [0.05, 0.1) is 28.5 Å². The minimum absolute atomic E-state index is 0.0727. The van der Waals surface area contributed by atoms with E-state index in [9.17, 15) is 0 Å². The van der Waals surface area contributed by atoms with Crippen LogP contribution in [0.25, 0.3) is 89.0 Å². The molecule has 0 amide bonds. The molecule has 4 nitrogen and oxygen atoms in total. The zero-order valence-electron chi connectivity index (χ0n) is 29.4. The average Bonchev–Trinajstić information content (AvgIpc) is 3.25. The van der Waals surface area contributed by atoms with Gasteiger partial charge in [-0.25, -0.2) is 4.98 Å². The van der Waals surface area contributed by atoms with Gasteiger partial charge in [0.1, 0.15) is 0 Å². The van der Waals surface area contributed by atoms with Gasteiger partial charge in [-0.3, -0.25) is 4.98 Å². The van der Waals surface area contributed by atoms with Crippen LogP contribution in [0.1, 0.15) is 22.7 Å². The Morgan fingerprint density at radius 2 is 1.35 bits per heavy atom. The predicted molar refractivity (Wildman–Crippen MR) is 228 cm³/mol. The number of benzene rings is 7. The SMILES string of the molecule is C1=Cc2c(-c3ccc(C4C=Cc5ccc(-c6ccc7nc(-c8cc9ccccc9c9ccccc89)ccc7c6)cc5N4)cc3)cc3cccnc3c2NC1. The third-order valence-corrected chi connectivity index (χ3v) is 11.1. The van der Waals surface area contributed by atoms with E-state index in [4.69, 9.17) is 4.98 Å². The Balaban J connectivity index is 0.878. The van der Waals surface area contributed by atoms with Gasteiger partial charge in [-0.15, -0.1) is 0 Å². The number of nitrogens with one attached hydrogen (secondary N) is 2. The van der Waals surface area contributed by atoms with E-state index in [2.05, 4.69) is 179 Å². The molecule has 11 rings (SSSR count). The minimum Gasteiger partial charge on any atom is -0.379 e. The lowest BCUT2D eigenvalue weighted by molar-refractivity contribution is 0.979. The van der Waals surface area contributed by atoms with Crippen LogP contribution in [0.15, 0.2) is 164 Å². The van der Waals surface area contributed by atoms with Crippen LogP contribution < -0.4 is 10.6 Å². The Hall–Kier alpha value is -7.04. The van der Waals surface area contributed by atoms with E-state index in [1.807, 2.05) is 12.3 Å². The summed E-state index contributed by atoms with van der Waals surface area (Å²) in [5, 5.41) is 14.6. The van der Waals surface area contributed by atoms with Gasteiger partial charge in [0, 0.05) is 40.3 Å². The van der Waals surface area contributed by atoms with Crippen LogP contribution in [0.2, 0.25) is 0 Å². The zero-order valence-corrected chi connectivity index (χ0v) is 29.4. The number of anilines is 2. The molecule has 1 unspecified atom stereocenters. The van der Waals surface area contributed by atoms with E-state index in [1.165, 1.54) is 60.5 Å². The Morgan fingerprint density at radius 3 is 2.28 bits per heavy atom. The van der Waals surface area contributed by atoms with E-state index in [0.29, 0.717) is 0 Å². The Labute approximate surface area is 313 Å². The summed E-state index contributed by atoms with van der Waals surface area (Å²) in [6.07, 6.45) is 10.8. The molecule has 0 aliphatic carbocycles. The first-order valence-electron chi connectivity index (χ1n) is 18.6. The van der Waals surface area contributed by atoms with Gasteiger partial charge in [0.15, 0.2) is 0 Å². The molecule has 2 aromatic heterocycles. The molecule has 2 N–H and O–H groups in total. The van der Waals surface area contributed by atoms with Crippen LogP contribution in [-0.2, 0) is 0 Å². The number of hydrogen-bond acceptors (Lipinski definition) is 4. The number of hydrogen-bond donors (Lipinski definition) is 2. The second-order valence-electron chi connectivity index (χ2n) is 14.3. The summed E-state index contributed by atoms with van der Waals surface area (Å²) >= 11 is 0. The summed E-state index contributed by atoms with van der Waals surface area (Å²) in [6.45, 7) is 0.813. The van der Waals surface area contributed by atoms with Crippen molar-refractivity contribution in [3.05, 3.63) is 181 Å². The molecule has 2 aliphatic rings. The maximum absolute atomic E-state index is 5.18. The second kappa shape index (κ2) is 12.3. The molecule has 4 heterocycles. The van der Waals surface area contributed by atoms with Crippen LogP contribution in [0.4, 0.5) is 11.4 Å². The highest BCUT2D eigenvalue weighted by molar-refractivity contribution is 6.13. The van der Waals surface area contributed by atoms with Crippen molar-refractivity contribution in [3.63, 3.8) is 0 Å². The molecule has 2 aliphatic heterocycles. The maximum atomic E-state index is 5.18. The Morgan fingerprint density at radius 1 is 0.574 bits per heavy atom. The van der Waals surface area contributed by atoms with Crippen molar-refractivity contribution >= 4 is 66.9 Å². The van der Waals surface area contributed by atoms with Crippen LogP contribution in [0.5, 0.6) is 0 Å².